The van der Waals surface area contributed by atoms with Crippen molar-refractivity contribution in [2.75, 3.05) is 6.61 Å². The molecule has 0 aliphatic carbocycles. The number of halogens is 1. The number of esters is 1. The second-order valence-corrected chi connectivity index (χ2v) is 6.85. The van der Waals surface area contributed by atoms with Gasteiger partial charge in [0.15, 0.2) is 0 Å². The third-order valence-electron chi connectivity index (χ3n) is 4.39. The van der Waals surface area contributed by atoms with Crippen LogP contribution in [0.3, 0.4) is 0 Å². The Morgan fingerprint density at radius 1 is 1.15 bits per heavy atom. The molecule has 1 aromatic carbocycles. The molecule has 0 spiro atoms. The summed E-state index contributed by atoms with van der Waals surface area (Å²) >= 11 is 0. The van der Waals surface area contributed by atoms with Gasteiger partial charge in [-0.25, -0.2) is 9.18 Å². The second kappa shape index (κ2) is 8.98. The fourth-order valence-corrected chi connectivity index (χ4v) is 3.59. The van der Waals surface area contributed by atoms with Crippen LogP contribution in [0, 0.1) is 10.7 Å². The number of rotatable bonds is 9. The third kappa shape index (κ3) is 4.33. The van der Waals surface area contributed by atoms with E-state index in [1.54, 1.807) is 11.8 Å². The first-order valence-electron chi connectivity index (χ1n) is 8.69. The molecule has 0 aliphatic heterocycles. The molecular weight excluding hydrogens is 339 g/mol. The van der Waals surface area contributed by atoms with Gasteiger partial charge in [-0.2, -0.15) is 4.91 Å². The minimum Gasteiger partial charge on any atom is -0.460 e. The summed E-state index contributed by atoms with van der Waals surface area (Å²) in [5.74, 6) is -2.34. The summed E-state index contributed by atoms with van der Waals surface area (Å²) in [5, 5.41) is 3.17. The number of ether oxygens (including phenoxy) is 1. The van der Waals surface area contributed by atoms with Gasteiger partial charge in [-0.1, -0.05) is 17.3 Å². The number of benzene rings is 1. The number of nitroso groups, excluding NO2 is 1. The quantitative estimate of drug-likeness (QED) is 0.379. The van der Waals surface area contributed by atoms with Crippen LogP contribution in [0.15, 0.2) is 29.4 Å². The SMILES string of the molecule is CCOC(=O)C(=O)C(C)(C(N=O)c1ccc(F)cc1)N(C(C)C)C(C)C. The van der Waals surface area contributed by atoms with Crippen molar-refractivity contribution < 1.29 is 18.7 Å². The molecule has 1 rings (SSSR count). The molecule has 0 aromatic heterocycles. The maximum atomic E-state index is 13.3. The van der Waals surface area contributed by atoms with E-state index in [-0.39, 0.29) is 18.7 Å². The Bertz CT molecular complexity index is 637. The molecule has 7 heteroatoms. The minimum atomic E-state index is -1.58. The van der Waals surface area contributed by atoms with E-state index in [1.807, 2.05) is 27.7 Å². The highest BCUT2D eigenvalue weighted by Crippen LogP contribution is 2.38. The van der Waals surface area contributed by atoms with E-state index in [1.165, 1.54) is 31.2 Å². The Morgan fingerprint density at radius 2 is 1.65 bits per heavy atom. The molecule has 0 fully saturated rings. The largest absolute Gasteiger partial charge is 0.460 e. The molecule has 0 N–H and O–H groups in total. The topological polar surface area (TPSA) is 76.0 Å². The second-order valence-electron chi connectivity index (χ2n) is 6.85. The first-order valence-corrected chi connectivity index (χ1v) is 8.69. The van der Waals surface area contributed by atoms with Gasteiger partial charge in [0.2, 0.25) is 0 Å². The lowest BCUT2D eigenvalue weighted by atomic mass is 9.80. The van der Waals surface area contributed by atoms with Crippen molar-refractivity contribution in [1.82, 2.24) is 4.90 Å². The summed E-state index contributed by atoms with van der Waals surface area (Å²) in [6.45, 7) is 10.6. The van der Waals surface area contributed by atoms with Crippen LogP contribution in [-0.2, 0) is 14.3 Å². The molecule has 0 radical (unpaired) electrons. The van der Waals surface area contributed by atoms with Crippen LogP contribution in [0.1, 0.15) is 53.1 Å². The Labute approximate surface area is 153 Å². The first kappa shape index (κ1) is 21.9. The van der Waals surface area contributed by atoms with Gasteiger partial charge in [-0.15, -0.1) is 0 Å². The molecule has 144 valence electrons. The number of ketones is 1. The molecular formula is C19H27FN2O4. The van der Waals surface area contributed by atoms with Crippen molar-refractivity contribution >= 4 is 11.8 Å². The average molecular weight is 366 g/mol. The smallest absolute Gasteiger partial charge is 0.376 e. The van der Waals surface area contributed by atoms with E-state index in [0.717, 1.165) is 0 Å². The highest BCUT2D eigenvalue weighted by Gasteiger charge is 2.53. The van der Waals surface area contributed by atoms with E-state index >= 15 is 0 Å². The summed E-state index contributed by atoms with van der Waals surface area (Å²) in [6, 6.07) is 3.65. The van der Waals surface area contributed by atoms with E-state index < -0.39 is 29.2 Å². The van der Waals surface area contributed by atoms with E-state index in [0.29, 0.717) is 5.56 Å². The van der Waals surface area contributed by atoms with Crippen LogP contribution in [0.4, 0.5) is 4.39 Å². The van der Waals surface area contributed by atoms with E-state index in [4.69, 9.17) is 4.74 Å². The molecule has 0 aliphatic rings. The number of nitrogens with zero attached hydrogens (tertiary/aromatic N) is 2. The zero-order chi connectivity index (χ0) is 20.1. The summed E-state index contributed by atoms with van der Waals surface area (Å²) in [4.78, 5) is 38.9. The summed E-state index contributed by atoms with van der Waals surface area (Å²) in [7, 11) is 0. The molecule has 0 heterocycles. The molecule has 1 aromatic rings. The first-order chi connectivity index (χ1) is 12.1. The van der Waals surface area contributed by atoms with Gasteiger partial charge in [0.05, 0.1) is 6.61 Å². The Morgan fingerprint density at radius 3 is 2.04 bits per heavy atom. The monoisotopic (exact) mass is 366 g/mol. The fourth-order valence-electron chi connectivity index (χ4n) is 3.59. The van der Waals surface area contributed by atoms with Crippen molar-refractivity contribution in [2.45, 2.75) is 65.2 Å². The number of hydrogen-bond acceptors (Lipinski definition) is 6. The highest BCUT2D eigenvalue weighted by molar-refractivity contribution is 6.37. The van der Waals surface area contributed by atoms with Gasteiger partial charge in [0.25, 0.3) is 5.78 Å². The van der Waals surface area contributed by atoms with Crippen LogP contribution in [0.25, 0.3) is 0 Å². The molecule has 0 bridgehead atoms. The number of hydrogen-bond donors (Lipinski definition) is 0. The van der Waals surface area contributed by atoms with Gasteiger partial charge in [0.1, 0.15) is 17.4 Å². The van der Waals surface area contributed by atoms with Crippen molar-refractivity contribution in [3.63, 3.8) is 0 Å². The summed E-state index contributed by atoms with van der Waals surface area (Å²) in [6.07, 6.45) is 0. The zero-order valence-corrected chi connectivity index (χ0v) is 16.2. The molecule has 2 atom stereocenters. The Kier molecular flexibility index (Phi) is 7.56. The fraction of sp³-hybridized carbons (Fsp3) is 0.579. The standard InChI is InChI=1S/C19H27FN2O4/c1-7-26-18(24)17(23)19(6,22(12(2)3)13(4)5)16(21-25)14-8-10-15(20)11-9-14/h8-13,16H,7H2,1-6H3. The van der Waals surface area contributed by atoms with Crippen LogP contribution in [0.5, 0.6) is 0 Å². The Balaban J connectivity index is 3.60. The van der Waals surface area contributed by atoms with E-state index in [9.17, 15) is 18.9 Å². The molecule has 0 saturated heterocycles. The van der Waals surface area contributed by atoms with Crippen LogP contribution >= 0.6 is 0 Å². The zero-order valence-electron chi connectivity index (χ0n) is 16.2. The van der Waals surface area contributed by atoms with Crippen LogP contribution < -0.4 is 0 Å². The predicted octanol–water partition coefficient (Wildman–Crippen LogP) is 3.64. The van der Waals surface area contributed by atoms with Crippen LogP contribution in [-0.4, -0.2) is 40.9 Å². The van der Waals surface area contributed by atoms with Gasteiger partial charge in [-0.05, 0) is 59.2 Å². The minimum absolute atomic E-state index is 0.0414. The lowest BCUT2D eigenvalue weighted by molar-refractivity contribution is -0.161. The molecule has 26 heavy (non-hydrogen) atoms. The molecule has 2 unspecified atom stereocenters. The van der Waals surface area contributed by atoms with Gasteiger partial charge >= 0.3 is 5.97 Å². The number of Topliss-reactive ketones (excluding diaryl/α,β-unsaturated/α-hetero) is 1. The maximum absolute atomic E-state index is 13.3. The average Bonchev–Trinajstić information content (AvgIpc) is 2.55. The predicted molar refractivity (Wildman–Crippen MR) is 97.1 cm³/mol. The van der Waals surface area contributed by atoms with Crippen molar-refractivity contribution in [1.29, 1.82) is 0 Å². The van der Waals surface area contributed by atoms with Gasteiger partial charge < -0.3 is 4.74 Å². The summed E-state index contributed by atoms with van der Waals surface area (Å²) < 4.78 is 18.2. The van der Waals surface area contributed by atoms with Crippen molar-refractivity contribution in [2.24, 2.45) is 5.18 Å². The third-order valence-corrected chi connectivity index (χ3v) is 4.39. The highest BCUT2D eigenvalue weighted by atomic mass is 19.1. The van der Waals surface area contributed by atoms with Gasteiger partial charge in [-0.3, -0.25) is 9.69 Å². The lowest BCUT2D eigenvalue weighted by Gasteiger charge is -2.46. The molecule has 0 amide bonds. The van der Waals surface area contributed by atoms with Crippen molar-refractivity contribution in [3.8, 4) is 0 Å². The van der Waals surface area contributed by atoms with E-state index in [2.05, 4.69) is 5.18 Å². The number of carbonyl (C=O) groups is 2. The summed E-state index contributed by atoms with van der Waals surface area (Å²) in [5.41, 5.74) is -1.22. The van der Waals surface area contributed by atoms with Gasteiger partial charge in [0, 0.05) is 12.1 Å². The molecule has 0 saturated carbocycles. The normalized spacial score (nSPS) is 15.0. The van der Waals surface area contributed by atoms with Crippen molar-refractivity contribution in [3.05, 3.63) is 40.6 Å². The molecule has 6 nitrogen and oxygen atoms in total. The Hall–Kier alpha value is -2.15. The van der Waals surface area contributed by atoms with Crippen LogP contribution in [0.2, 0.25) is 0 Å². The lowest BCUT2D eigenvalue weighted by Crippen LogP contribution is -2.62. The number of carbonyl (C=O) groups excluding carboxylic acids is 2. The maximum Gasteiger partial charge on any atom is 0.376 e.